The molecule has 0 bridgehead atoms. The number of ether oxygens (including phenoxy) is 5. The molecule has 2 saturated heterocycles. The summed E-state index contributed by atoms with van der Waals surface area (Å²) >= 11 is 0. The van der Waals surface area contributed by atoms with Gasteiger partial charge >= 0.3 is 5.97 Å². The molecule has 2 heterocycles. The molecular weight excluding hydrogens is 632 g/mol. The van der Waals surface area contributed by atoms with Gasteiger partial charge < -0.3 is 49.2 Å². The van der Waals surface area contributed by atoms with Crippen molar-refractivity contribution < 1.29 is 54.0 Å². The molecule has 7 rings (SSSR count). The molecule has 5 aliphatic carbocycles. The summed E-state index contributed by atoms with van der Waals surface area (Å²) < 4.78 is 30.4. The summed E-state index contributed by atoms with van der Waals surface area (Å²) in [5.74, 6) is -1.98. The second-order valence-electron chi connectivity index (χ2n) is 18.9. The summed E-state index contributed by atoms with van der Waals surface area (Å²) in [5.41, 5.74) is -1.95. The van der Waals surface area contributed by atoms with Gasteiger partial charge in [-0.2, -0.15) is 0 Å². The second-order valence-corrected chi connectivity index (χ2v) is 18.9. The Morgan fingerprint density at radius 1 is 0.939 bits per heavy atom. The van der Waals surface area contributed by atoms with E-state index in [1.807, 2.05) is 13.8 Å². The van der Waals surface area contributed by atoms with Gasteiger partial charge in [0.05, 0.1) is 12.7 Å². The summed E-state index contributed by atoms with van der Waals surface area (Å²) in [5, 5.41) is 56.2. The topological polar surface area (TPSA) is 164 Å². The SMILES string of the molecule is COC(C)(C)[C@@H](OC(C)=O)C1C[C@@H](C)[C@H]2[C@](O)(O1)C(O)[C@@]1(C)[C@@H]3CC[C@H]4C(C)(C)[C@@H](O[C@@H]5OC[C@@H](O)[C@H](O)[C@H]5O)CC[C@@]45C[C@@]35CC[C@]21C. The Bertz CT molecular complexity index is 1320. The van der Waals surface area contributed by atoms with Gasteiger partial charge in [0, 0.05) is 25.4 Å². The molecule has 0 amide bonds. The van der Waals surface area contributed by atoms with Crippen LogP contribution >= 0.6 is 0 Å². The molecule has 0 radical (unpaired) electrons. The smallest absolute Gasteiger partial charge is 0.303 e. The molecule has 11 heteroatoms. The number of methoxy groups -OCH3 is 1. The van der Waals surface area contributed by atoms with Crippen LogP contribution in [0.2, 0.25) is 0 Å². The van der Waals surface area contributed by atoms with E-state index in [1.54, 1.807) is 7.11 Å². The van der Waals surface area contributed by atoms with Gasteiger partial charge in [0.2, 0.25) is 0 Å². The molecule has 11 nitrogen and oxygen atoms in total. The van der Waals surface area contributed by atoms with Crippen molar-refractivity contribution in [3.8, 4) is 0 Å². The minimum absolute atomic E-state index is 0.00185. The third-order valence-electron chi connectivity index (χ3n) is 16.4. The minimum atomic E-state index is -1.80. The lowest BCUT2D eigenvalue weighted by Gasteiger charge is -2.63. The Kier molecular flexibility index (Phi) is 8.42. The number of esters is 1. The van der Waals surface area contributed by atoms with Gasteiger partial charge in [-0.15, -0.1) is 0 Å². The second kappa shape index (κ2) is 11.3. The molecule has 0 aromatic rings. The lowest BCUT2D eigenvalue weighted by atomic mass is 9.41. The maximum absolute atomic E-state index is 12.7. The highest BCUT2D eigenvalue weighted by molar-refractivity contribution is 5.66. The van der Waals surface area contributed by atoms with Gasteiger partial charge in [0.25, 0.3) is 0 Å². The third kappa shape index (κ3) is 4.62. The van der Waals surface area contributed by atoms with Crippen molar-refractivity contribution >= 4 is 5.97 Å². The molecule has 2 spiro atoms. The number of carbonyl (C=O) groups is 1. The molecule has 49 heavy (non-hydrogen) atoms. The molecule has 0 aromatic carbocycles. The summed E-state index contributed by atoms with van der Waals surface area (Å²) in [6.45, 7) is 16.2. The standard InChI is InChI=1S/C38H62O11/c1-19-16-22(29(47-20(2)39)33(5,6)45-9)49-38(44)28(19)34(7)14-15-37-18-36(37)13-12-25(48-30-27(42)26(41)21(40)17-46-30)32(3,4)23(36)10-11-24(37)35(34,8)31(38)43/h19,21-31,40-44H,10-18H2,1-9H3/t19-,21-,22?,23+,24+,25+,26+,27-,28-,29+,30+,31?,34-,35-,36-,37+,38+/m1/s1. The zero-order valence-electron chi connectivity index (χ0n) is 31.0. The van der Waals surface area contributed by atoms with E-state index in [1.165, 1.54) is 6.92 Å². The first-order valence-corrected chi connectivity index (χ1v) is 18.8. The number of fused-ring (bicyclic) bond motifs is 4. The van der Waals surface area contributed by atoms with Crippen molar-refractivity contribution in [2.24, 2.45) is 50.7 Å². The first-order chi connectivity index (χ1) is 22.7. The van der Waals surface area contributed by atoms with Crippen molar-refractivity contribution in [3.05, 3.63) is 0 Å². The van der Waals surface area contributed by atoms with E-state index < -0.39 is 65.7 Å². The molecule has 5 saturated carbocycles. The fourth-order valence-electron chi connectivity index (χ4n) is 13.9. The highest BCUT2D eigenvalue weighted by Gasteiger charge is 2.87. The molecule has 7 fully saturated rings. The van der Waals surface area contributed by atoms with Crippen molar-refractivity contribution in [2.45, 2.75) is 167 Å². The van der Waals surface area contributed by atoms with Gasteiger partial charge in [0.1, 0.15) is 36.1 Å². The first-order valence-electron chi connectivity index (χ1n) is 18.8. The number of hydrogen-bond donors (Lipinski definition) is 5. The van der Waals surface area contributed by atoms with Gasteiger partial charge in [-0.3, -0.25) is 4.79 Å². The predicted octanol–water partition coefficient (Wildman–Crippen LogP) is 3.30. The van der Waals surface area contributed by atoms with E-state index >= 15 is 0 Å². The lowest BCUT2D eigenvalue weighted by Crippen LogP contribution is -2.62. The average molecular weight is 695 g/mol. The zero-order chi connectivity index (χ0) is 35.9. The van der Waals surface area contributed by atoms with E-state index in [2.05, 4.69) is 34.6 Å². The van der Waals surface area contributed by atoms with E-state index in [-0.39, 0.29) is 52.1 Å². The van der Waals surface area contributed by atoms with Crippen LogP contribution in [0.25, 0.3) is 0 Å². The fraction of sp³-hybridized carbons (Fsp3) is 0.974. The number of aliphatic hydroxyl groups is 5. The van der Waals surface area contributed by atoms with Gasteiger partial charge in [-0.25, -0.2) is 0 Å². The molecule has 0 aromatic heterocycles. The van der Waals surface area contributed by atoms with E-state index in [0.717, 1.165) is 44.9 Å². The average Bonchev–Trinajstić information content (AvgIpc) is 3.67. The van der Waals surface area contributed by atoms with Crippen LogP contribution < -0.4 is 0 Å². The van der Waals surface area contributed by atoms with E-state index in [4.69, 9.17) is 23.7 Å². The fourth-order valence-corrected chi connectivity index (χ4v) is 13.9. The lowest BCUT2D eigenvalue weighted by molar-refractivity contribution is -0.343. The van der Waals surface area contributed by atoms with Crippen molar-refractivity contribution in [1.29, 1.82) is 0 Å². The van der Waals surface area contributed by atoms with Crippen LogP contribution in [0.4, 0.5) is 0 Å². The normalized spacial score (nSPS) is 55.2. The van der Waals surface area contributed by atoms with Crippen LogP contribution in [0.15, 0.2) is 0 Å². The molecular formula is C38H62O11. The first kappa shape index (κ1) is 36.5. The summed E-state index contributed by atoms with van der Waals surface area (Å²) in [6.07, 6.45) is -0.246. The Hall–Kier alpha value is -0.890. The van der Waals surface area contributed by atoms with Crippen molar-refractivity contribution in [3.63, 3.8) is 0 Å². The number of hydrogen-bond acceptors (Lipinski definition) is 11. The van der Waals surface area contributed by atoms with E-state index in [0.29, 0.717) is 12.3 Å². The molecule has 2 unspecified atom stereocenters. The Labute approximate surface area is 291 Å². The largest absolute Gasteiger partial charge is 0.457 e. The van der Waals surface area contributed by atoms with Crippen LogP contribution in [-0.4, -0.2) is 106 Å². The van der Waals surface area contributed by atoms with Gasteiger partial charge in [-0.05, 0) is 105 Å². The van der Waals surface area contributed by atoms with Crippen molar-refractivity contribution in [1.82, 2.24) is 0 Å². The summed E-state index contributed by atoms with van der Waals surface area (Å²) in [4.78, 5) is 12.2. The van der Waals surface area contributed by atoms with Gasteiger partial charge in [0.15, 0.2) is 18.2 Å². The Morgan fingerprint density at radius 3 is 2.24 bits per heavy atom. The molecule has 280 valence electrons. The molecule has 2 aliphatic heterocycles. The minimum Gasteiger partial charge on any atom is -0.457 e. The van der Waals surface area contributed by atoms with Crippen molar-refractivity contribution in [2.75, 3.05) is 13.7 Å². The van der Waals surface area contributed by atoms with Crippen LogP contribution in [-0.2, 0) is 28.5 Å². The van der Waals surface area contributed by atoms with E-state index in [9.17, 15) is 30.3 Å². The molecule has 7 aliphatic rings. The van der Waals surface area contributed by atoms with Crippen LogP contribution in [0.3, 0.4) is 0 Å². The zero-order valence-corrected chi connectivity index (χ0v) is 31.0. The van der Waals surface area contributed by atoms with Crippen LogP contribution in [0.1, 0.15) is 107 Å². The molecule has 5 N–H and O–H groups in total. The molecule has 17 atom stereocenters. The highest BCUT2D eigenvalue weighted by Crippen LogP contribution is 2.89. The number of aliphatic hydroxyl groups excluding tert-OH is 4. The quantitative estimate of drug-likeness (QED) is 0.205. The monoisotopic (exact) mass is 694 g/mol. The van der Waals surface area contributed by atoms with Crippen LogP contribution in [0, 0.1) is 50.7 Å². The number of rotatable bonds is 6. The maximum Gasteiger partial charge on any atom is 0.303 e. The third-order valence-corrected chi connectivity index (χ3v) is 16.4. The number of carbonyl (C=O) groups excluding carboxylic acids is 1. The van der Waals surface area contributed by atoms with Crippen LogP contribution in [0.5, 0.6) is 0 Å². The summed E-state index contributed by atoms with van der Waals surface area (Å²) in [7, 11) is 1.58. The predicted molar refractivity (Wildman–Crippen MR) is 177 cm³/mol. The maximum atomic E-state index is 12.7. The highest BCUT2D eigenvalue weighted by atomic mass is 16.7. The Balaban J connectivity index is 1.17. The van der Waals surface area contributed by atoms with Gasteiger partial charge in [-0.1, -0.05) is 34.6 Å². The summed E-state index contributed by atoms with van der Waals surface area (Å²) in [6, 6.07) is 0. The Morgan fingerprint density at radius 2 is 1.59 bits per heavy atom.